The molecule has 0 saturated carbocycles. The molecule has 0 radical (unpaired) electrons. The summed E-state index contributed by atoms with van der Waals surface area (Å²) in [4.78, 5) is 6.80. The maximum Gasteiger partial charge on any atom is 0.142 e. The summed E-state index contributed by atoms with van der Waals surface area (Å²) in [5.41, 5.74) is 12.7. The number of pyridine rings is 1. The quantitative estimate of drug-likeness (QED) is 0.537. The predicted octanol–water partition coefficient (Wildman–Crippen LogP) is 5.91. The fourth-order valence-electron chi connectivity index (χ4n) is 3.78. The van der Waals surface area contributed by atoms with Crippen molar-refractivity contribution in [3.63, 3.8) is 0 Å². The van der Waals surface area contributed by atoms with E-state index >= 15 is 0 Å². The summed E-state index contributed by atoms with van der Waals surface area (Å²) in [6.45, 7) is 10.6. The Kier molecular flexibility index (Phi) is 6.74. The predicted molar refractivity (Wildman–Crippen MR) is 126 cm³/mol. The van der Waals surface area contributed by atoms with Crippen LogP contribution >= 0.6 is 0 Å². The van der Waals surface area contributed by atoms with Gasteiger partial charge in [-0.15, -0.1) is 0 Å². The number of hydrogen-bond acceptors (Lipinski definition) is 4. The van der Waals surface area contributed by atoms with E-state index < -0.39 is 0 Å². The Morgan fingerprint density at radius 3 is 2.10 bits per heavy atom. The average molecular weight is 399 g/mol. The van der Waals surface area contributed by atoms with Crippen LogP contribution in [0.2, 0.25) is 0 Å². The highest BCUT2D eigenvalue weighted by atomic mass is 15.1. The molecule has 0 saturated heterocycles. The van der Waals surface area contributed by atoms with Gasteiger partial charge in [0, 0.05) is 29.9 Å². The third-order valence-electron chi connectivity index (χ3n) is 5.36. The first kappa shape index (κ1) is 21.4. The number of rotatable bonds is 7. The molecule has 0 aliphatic carbocycles. The van der Waals surface area contributed by atoms with Gasteiger partial charge in [0.05, 0.1) is 5.69 Å². The molecule has 2 N–H and O–H groups in total. The molecular formula is C26H30N4. The number of anilines is 2. The lowest BCUT2D eigenvalue weighted by Gasteiger charge is -2.21. The summed E-state index contributed by atoms with van der Waals surface area (Å²) in [7, 11) is 0. The molecule has 0 unspecified atom stereocenters. The minimum Gasteiger partial charge on any atom is -0.383 e. The molecule has 0 amide bonds. The van der Waals surface area contributed by atoms with Crippen molar-refractivity contribution in [3.05, 3.63) is 65.7 Å². The normalized spacial score (nSPS) is 10.8. The van der Waals surface area contributed by atoms with E-state index in [1.165, 1.54) is 11.3 Å². The zero-order valence-corrected chi connectivity index (χ0v) is 18.3. The van der Waals surface area contributed by atoms with Gasteiger partial charge in [-0.3, -0.25) is 0 Å². The molecule has 1 heterocycles. The van der Waals surface area contributed by atoms with Gasteiger partial charge in [0.1, 0.15) is 17.5 Å². The van der Waals surface area contributed by atoms with Crippen LogP contribution < -0.4 is 10.6 Å². The van der Waals surface area contributed by atoms with Gasteiger partial charge in [0.2, 0.25) is 0 Å². The van der Waals surface area contributed by atoms with Crippen LogP contribution in [0.3, 0.4) is 0 Å². The lowest BCUT2D eigenvalue weighted by molar-refractivity contribution is 0.647. The Labute approximate surface area is 180 Å². The van der Waals surface area contributed by atoms with Gasteiger partial charge < -0.3 is 10.6 Å². The van der Waals surface area contributed by atoms with E-state index in [-0.39, 0.29) is 5.82 Å². The molecule has 3 rings (SSSR count). The highest BCUT2D eigenvalue weighted by Gasteiger charge is 2.14. The first-order chi connectivity index (χ1) is 14.5. The van der Waals surface area contributed by atoms with Crippen molar-refractivity contribution in [2.45, 2.75) is 34.1 Å². The van der Waals surface area contributed by atoms with E-state index in [2.05, 4.69) is 92.2 Å². The second-order valence-corrected chi connectivity index (χ2v) is 7.94. The average Bonchev–Trinajstić information content (AvgIpc) is 2.74. The summed E-state index contributed by atoms with van der Waals surface area (Å²) in [6, 6.07) is 21.0. The van der Waals surface area contributed by atoms with Crippen LogP contribution in [0.5, 0.6) is 0 Å². The fourth-order valence-corrected chi connectivity index (χ4v) is 3.78. The van der Waals surface area contributed by atoms with Gasteiger partial charge >= 0.3 is 0 Å². The maximum absolute atomic E-state index is 9.68. The van der Waals surface area contributed by atoms with Gasteiger partial charge in [-0.1, -0.05) is 50.2 Å². The van der Waals surface area contributed by atoms with Crippen molar-refractivity contribution in [2.24, 2.45) is 5.92 Å². The van der Waals surface area contributed by atoms with E-state index in [9.17, 15) is 5.26 Å². The van der Waals surface area contributed by atoms with Gasteiger partial charge in [-0.2, -0.15) is 5.26 Å². The Hall–Kier alpha value is -3.32. The van der Waals surface area contributed by atoms with E-state index in [1.807, 2.05) is 6.07 Å². The Bertz CT molecular complexity index is 1020. The summed E-state index contributed by atoms with van der Waals surface area (Å²) in [5.74, 6) is 0.884. The van der Waals surface area contributed by atoms with Gasteiger partial charge in [-0.05, 0) is 55.5 Å². The molecule has 0 fully saturated rings. The monoisotopic (exact) mass is 398 g/mol. The van der Waals surface area contributed by atoms with Crippen LogP contribution in [0.15, 0.2) is 54.6 Å². The number of benzene rings is 2. The van der Waals surface area contributed by atoms with Crippen LogP contribution in [-0.2, 0) is 6.42 Å². The SMILES string of the molecule is CCN(CC)c1ccc(-c2cc(-c3ccc(CC(C)C)cc3)nc(N)c2C#N)cc1. The minimum absolute atomic E-state index is 0.268. The minimum atomic E-state index is 0.268. The van der Waals surface area contributed by atoms with Crippen LogP contribution in [0.25, 0.3) is 22.4 Å². The van der Waals surface area contributed by atoms with Crippen LogP contribution in [0, 0.1) is 17.2 Å². The molecule has 0 bridgehead atoms. The molecule has 30 heavy (non-hydrogen) atoms. The molecule has 4 nitrogen and oxygen atoms in total. The molecule has 1 aromatic heterocycles. The summed E-state index contributed by atoms with van der Waals surface area (Å²) < 4.78 is 0. The van der Waals surface area contributed by atoms with E-state index in [4.69, 9.17) is 5.73 Å². The zero-order valence-electron chi connectivity index (χ0n) is 18.3. The Morgan fingerprint density at radius 1 is 0.967 bits per heavy atom. The standard InChI is InChI=1S/C26H30N4/c1-5-30(6-2)22-13-11-20(12-14-22)23-16-25(29-26(28)24(23)17-27)21-9-7-19(8-10-21)15-18(3)4/h7-14,16,18H,5-6,15H2,1-4H3,(H2,28,29). The van der Waals surface area contributed by atoms with Crippen molar-refractivity contribution in [1.82, 2.24) is 4.98 Å². The molecular weight excluding hydrogens is 368 g/mol. The highest BCUT2D eigenvalue weighted by Crippen LogP contribution is 2.32. The molecule has 0 aliphatic rings. The third-order valence-corrected chi connectivity index (χ3v) is 5.36. The first-order valence-corrected chi connectivity index (χ1v) is 10.6. The molecule has 0 atom stereocenters. The summed E-state index contributed by atoms with van der Waals surface area (Å²) in [5, 5.41) is 9.68. The second kappa shape index (κ2) is 9.45. The Balaban J connectivity index is 2.01. The van der Waals surface area contributed by atoms with Gasteiger partial charge in [0.15, 0.2) is 0 Å². The highest BCUT2D eigenvalue weighted by molar-refractivity contribution is 5.80. The van der Waals surface area contributed by atoms with Crippen LogP contribution in [0.4, 0.5) is 11.5 Å². The lowest BCUT2D eigenvalue weighted by Crippen LogP contribution is -2.21. The molecule has 0 aliphatic heterocycles. The number of aromatic nitrogens is 1. The van der Waals surface area contributed by atoms with Crippen molar-refractivity contribution >= 4 is 11.5 Å². The van der Waals surface area contributed by atoms with Crippen molar-refractivity contribution < 1.29 is 0 Å². The maximum atomic E-state index is 9.68. The first-order valence-electron chi connectivity index (χ1n) is 10.6. The van der Waals surface area contributed by atoms with Crippen LogP contribution in [0.1, 0.15) is 38.8 Å². The van der Waals surface area contributed by atoms with Crippen LogP contribution in [-0.4, -0.2) is 18.1 Å². The van der Waals surface area contributed by atoms with E-state index in [1.54, 1.807) is 0 Å². The lowest BCUT2D eigenvalue weighted by atomic mass is 9.97. The fraction of sp³-hybridized carbons (Fsp3) is 0.308. The molecule has 3 aromatic rings. The molecule has 4 heteroatoms. The summed E-state index contributed by atoms with van der Waals surface area (Å²) >= 11 is 0. The van der Waals surface area contributed by atoms with E-state index in [0.717, 1.165) is 41.9 Å². The number of nitrogens with two attached hydrogens (primary N) is 1. The van der Waals surface area contributed by atoms with Crippen molar-refractivity contribution in [1.29, 1.82) is 5.26 Å². The summed E-state index contributed by atoms with van der Waals surface area (Å²) in [6.07, 6.45) is 1.05. The number of hydrogen-bond donors (Lipinski definition) is 1. The van der Waals surface area contributed by atoms with E-state index in [0.29, 0.717) is 11.5 Å². The number of nitrogen functional groups attached to an aromatic ring is 1. The number of nitrogens with zero attached hydrogens (tertiary/aromatic N) is 3. The zero-order chi connectivity index (χ0) is 21.7. The smallest absolute Gasteiger partial charge is 0.142 e. The molecule has 0 spiro atoms. The van der Waals surface area contributed by atoms with Gasteiger partial charge in [-0.25, -0.2) is 4.98 Å². The molecule has 154 valence electrons. The van der Waals surface area contributed by atoms with Gasteiger partial charge in [0.25, 0.3) is 0 Å². The number of nitriles is 1. The van der Waals surface area contributed by atoms with Crippen molar-refractivity contribution in [3.8, 4) is 28.5 Å². The largest absolute Gasteiger partial charge is 0.383 e. The second-order valence-electron chi connectivity index (χ2n) is 7.94. The topological polar surface area (TPSA) is 65.9 Å². The third kappa shape index (κ3) is 4.63. The molecule has 2 aromatic carbocycles. The Morgan fingerprint density at radius 2 is 1.57 bits per heavy atom. The van der Waals surface area contributed by atoms with Crippen molar-refractivity contribution in [2.75, 3.05) is 23.7 Å².